The van der Waals surface area contributed by atoms with Gasteiger partial charge in [0.25, 0.3) is 0 Å². The molecule has 0 bridgehead atoms. The van der Waals surface area contributed by atoms with E-state index in [1.165, 1.54) is 13.2 Å². The molecule has 3 rings (SSSR count). The molecular formula is C20H26F2N2O2. The Kier molecular flexibility index (Phi) is 5.49. The maximum Gasteiger partial charge on any atom is 0.230 e. The quantitative estimate of drug-likeness (QED) is 0.776. The third kappa shape index (κ3) is 2.95. The number of carbonyl (C=O) groups is 1. The summed E-state index contributed by atoms with van der Waals surface area (Å²) in [5, 5.41) is 0.803. The van der Waals surface area contributed by atoms with Crippen LogP contribution in [0.25, 0.3) is 10.9 Å². The van der Waals surface area contributed by atoms with E-state index in [0.29, 0.717) is 18.6 Å². The van der Waals surface area contributed by atoms with Crippen LogP contribution in [0.3, 0.4) is 0 Å². The van der Waals surface area contributed by atoms with Crippen LogP contribution in [0.1, 0.15) is 43.9 Å². The van der Waals surface area contributed by atoms with E-state index in [9.17, 15) is 13.6 Å². The Balaban J connectivity index is 2.23. The lowest BCUT2D eigenvalue weighted by atomic mass is 9.84. The van der Waals surface area contributed by atoms with Crippen LogP contribution in [0.15, 0.2) is 12.1 Å². The summed E-state index contributed by atoms with van der Waals surface area (Å²) in [4.78, 5) is 14.9. The molecule has 0 N–H and O–H groups in total. The summed E-state index contributed by atoms with van der Waals surface area (Å²) in [6.07, 6.45) is 2.40. The molecule has 0 saturated carbocycles. The van der Waals surface area contributed by atoms with Gasteiger partial charge in [0.05, 0.1) is 25.1 Å². The third-order valence-corrected chi connectivity index (χ3v) is 5.42. The number of carbonyl (C=O) groups excluding carboxylic acids is 1. The minimum Gasteiger partial charge on any atom is -0.494 e. The van der Waals surface area contributed by atoms with Crippen LogP contribution in [0.5, 0.6) is 5.75 Å². The fourth-order valence-electron chi connectivity index (χ4n) is 4.20. The summed E-state index contributed by atoms with van der Waals surface area (Å²) in [6, 6.07) is 3.06. The zero-order valence-corrected chi connectivity index (χ0v) is 15.6. The molecule has 1 heterocycles. The molecule has 142 valence electrons. The molecule has 1 aromatic carbocycles. The predicted molar refractivity (Wildman–Crippen MR) is 98.0 cm³/mol. The van der Waals surface area contributed by atoms with Crippen LogP contribution in [0.2, 0.25) is 0 Å². The van der Waals surface area contributed by atoms with Gasteiger partial charge < -0.3 is 14.2 Å². The molecule has 0 aliphatic heterocycles. The largest absolute Gasteiger partial charge is 0.494 e. The predicted octanol–water partition coefficient (Wildman–Crippen LogP) is 4.05. The maximum absolute atomic E-state index is 14.3. The first-order valence-electron chi connectivity index (χ1n) is 9.30. The first-order chi connectivity index (χ1) is 12.6. The SMILES string of the molecule is CCN(CC)C(=O)C1CCCc2c1c1cc(OC)c(F)cc1n2CC[18F]. The first-order valence-corrected chi connectivity index (χ1v) is 9.30. The van der Waals surface area contributed by atoms with Gasteiger partial charge in [0, 0.05) is 30.2 Å². The van der Waals surface area contributed by atoms with Crippen LogP contribution in [0, 0.1) is 5.82 Å². The van der Waals surface area contributed by atoms with E-state index >= 15 is 0 Å². The van der Waals surface area contributed by atoms with Crippen LogP contribution in [-0.2, 0) is 17.8 Å². The highest BCUT2D eigenvalue weighted by Gasteiger charge is 2.34. The van der Waals surface area contributed by atoms with Crippen LogP contribution in [-0.4, -0.2) is 42.2 Å². The minimum atomic E-state index is -0.529. The molecule has 0 spiro atoms. The molecule has 1 aliphatic rings. The number of fused-ring (bicyclic) bond motifs is 3. The van der Waals surface area contributed by atoms with Gasteiger partial charge in [-0.1, -0.05) is 0 Å². The Morgan fingerprint density at radius 1 is 1.35 bits per heavy atom. The molecule has 1 aromatic heterocycles. The molecular weight excluding hydrogens is 337 g/mol. The number of likely N-dealkylation sites (N-methyl/N-ethyl adjacent to an activating group) is 1. The number of aryl methyl sites for hydroxylation is 1. The molecule has 4 nitrogen and oxygen atoms in total. The number of hydrogen-bond acceptors (Lipinski definition) is 2. The Hall–Kier alpha value is -2.11. The normalized spacial score (nSPS) is 16.6. The smallest absolute Gasteiger partial charge is 0.230 e. The topological polar surface area (TPSA) is 34.5 Å². The molecule has 6 heteroatoms. The second kappa shape index (κ2) is 7.64. The summed E-state index contributed by atoms with van der Waals surface area (Å²) in [5.74, 6) is -0.491. The van der Waals surface area contributed by atoms with Gasteiger partial charge in [-0.15, -0.1) is 0 Å². The lowest BCUT2D eigenvalue weighted by Gasteiger charge is -2.29. The highest BCUT2D eigenvalue weighted by Crippen LogP contribution is 2.42. The molecule has 26 heavy (non-hydrogen) atoms. The van der Waals surface area contributed by atoms with Crippen molar-refractivity contribution < 1.29 is 18.3 Å². The van der Waals surface area contributed by atoms with Crippen molar-refractivity contribution in [3.63, 3.8) is 0 Å². The van der Waals surface area contributed by atoms with Crippen LogP contribution < -0.4 is 4.74 Å². The fraction of sp³-hybridized carbons (Fsp3) is 0.550. The molecule has 1 amide bonds. The van der Waals surface area contributed by atoms with Gasteiger partial charge in [-0.2, -0.15) is 0 Å². The number of alkyl halides is 1. The number of methoxy groups -OCH3 is 1. The van der Waals surface area contributed by atoms with Crippen LogP contribution >= 0.6 is 0 Å². The Morgan fingerprint density at radius 3 is 2.69 bits per heavy atom. The number of amides is 1. The Bertz CT molecular complexity index is 812. The van der Waals surface area contributed by atoms with E-state index in [4.69, 9.17) is 4.74 Å². The Morgan fingerprint density at radius 2 is 2.08 bits per heavy atom. The molecule has 1 aliphatic carbocycles. The lowest BCUT2D eigenvalue weighted by Crippen LogP contribution is -2.36. The standard InChI is InChI=1S/C20H26F2N2O2/c1-4-23(5-2)20(25)13-7-6-8-16-19(13)14-11-18(26-3)15(22)12-17(14)24(16)10-9-21/h11-13H,4-10H2,1-3H3/i21-1. The first kappa shape index (κ1) is 18.7. The van der Waals surface area contributed by atoms with E-state index in [0.717, 1.165) is 35.9 Å². The highest BCUT2D eigenvalue weighted by molar-refractivity contribution is 5.95. The average molecular weight is 363 g/mol. The van der Waals surface area contributed by atoms with Gasteiger partial charge in [-0.25, -0.2) is 8.78 Å². The lowest BCUT2D eigenvalue weighted by molar-refractivity contribution is -0.132. The van der Waals surface area contributed by atoms with Gasteiger partial charge in [-0.3, -0.25) is 4.79 Å². The minimum absolute atomic E-state index is 0.0959. The van der Waals surface area contributed by atoms with E-state index < -0.39 is 12.5 Å². The van der Waals surface area contributed by atoms with Crippen molar-refractivity contribution in [2.45, 2.75) is 45.6 Å². The molecule has 1 unspecified atom stereocenters. The van der Waals surface area contributed by atoms with Crippen molar-refractivity contribution in [2.24, 2.45) is 0 Å². The van der Waals surface area contributed by atoms with E-state index in [1.807, 2.05) is 23.3 Å². The van der Waals surface area contributed by atoms with E-state index in [2.05, 4.69) is 0 Å². The number of aromatic nitrogens is 1. The van der Waals surface area contributed by atoms with Crippen molar-refractivity contribution in [3.8, 4) is 5.75 Å². The van der Waals surface area contributed by atoms with Gasteiger partial charge in [-0.05, 0) is 44.7 Å². The van der Waals surface area contributed by atoms with Crippen molar-refractivity contribution in [3.05, 3.63) is 29.2 Å². The number of nitrogens with zero attached hydrogens (tertiary/aromatic N) is 2. The number of rotatable bonds is 6. The van der Waals surface area contributed by atoms with Gasteiger partial charge in [0.1, 0.15) is 6.67 Å². The van der Waals surface area contributed by atoms with Gasteiger partial charge >= 0.3 is 0 Å². The number of hydrogen-bond donors (Lipinski definition) is 0. The van der Waals surface area contributed by atoms with Gasteiger partial charge in [0.15, 0.2) is 11.6 Å². The summed E-state index contributed by atoms with van der Waals surface area (Å²) >= 11 is 0. The molecule has 0 radical (unpaired) electrons. The molecule has 0 saturated heterocycles. The second-order valence-corrected chi connectivity index (χ2v) is 6.66. The molecule has 1 atom stereocenters. The maximum atomic E-state index is 14.3. The molecule has 2 aromatic rings. The van der Waals surface area contributed by atoms with Gasteiger partial charge in [0.2, 0.25) is 5.91 Å². The Labute approximate surface area is 152 Å². The summed E-state index contributed by atoms with van der Waals surface area (Å²) in [7, 11) is 1.42. The summed E-state index contributed by atoms with van der Waals surface area (Å²) in [6.45, 7) is 4.89. The van der Waals surface area contributed by atoms with E-state index in [1.54, 1.807) is 6.07 Å². The fourth-order valence-corrected chi connectivity index (χ4v) is 4.20. The zero-order valence-electron chi connectivity index (χ0n) is 15.6. The summed E-state index contributed by atoms with van der Waals surface area (Å²) in [5.41, 5.74) is 2.53. The van der Waals surface area contributed by atoms with E-state index in [-0.39, 0.29) is 24.1 Å². The van der Waals surface area contributed by atoms with Crippen LogP contribution in [0.4, 0.5) is 8.78 Å². The second-order valence-electron chi connectivity index (χ2n) is 6.66. The van der Waals surface area contributed by atoms with Crippen molar-refractivity contribution in [1.82, 2.24) is 9.47 Å². The van der Waals surface area contributed by atoms with Crippen molar-refractivity contribution in [1.29, 1.82) is 0 Å². The molecule has 0 fully saturated rings. The third-order valence-electron chi connectivity index (χ3n) is 5.42. The highest BCUT2D eigenvalue weighted by atomic mass is 19.1. The average Bonchev–Trinajstić information content (AvgIpc) is 2.95. The van der Waals surface area contributed by atoms with Crippen molar-refractivity contribution in [2.75, 3.05) is 26.9 Å². The zero-order chi connectivity index (χ0) is 18.8. The monoisotopic (exact) mass is 363 g/mol. The number of benzene rings is 1. The number of halogens is 2. The van der Waals surface area contributed by atoms with Crippen molar-refractivity contribution >= 4 is 16.8 Å². The summed E-state index contributed by atoms with van der Waals surface area (Å²) < 4.78 is 34.5. The number of ether oxygens (including phenoxy) is 1.